The van der Waals surface area contributed by atoms with E-state index in [0.717, 1.165) is 31.8 Å². The Morgan fingerprint density at radius 3 is 2.45 bits per heavy atom. The molecule has 2 aliphatic rings. The molecule has 1 aliphatic carbocycles. The Bertz CT molecular complexity index is 335. The zero-order valence-corrected chi connectivity index (χ0v) is 13.3. The van der Waals surface area contributed by atoms with Crippen molar-refractivity contribution in [3.05, 3.63) is 0 Å². The molecule has 1 heterocycles. The molecule has 2 atom stereocenters. The lowest BCUT2D eigenvalue weighted by Crippen LogP contribution is -2.50. The van der Waals surface area contributed by atoms with Gasteiger partial charge in [-0.25, -0.2) is 0 Å². The fourth-order valence-electron chi connectivity index (χ4n) is 4.28. The maximum atomic E-state index is 10.9. The van der Waals surface area contributed by atoms with Crippen molar-refractivity contribution in [1.82, 2.24) is 10.2 Å². The van der Waals surface area contributed by atoms with Crippen molar-refractivity contribution in [2.75, 3.05) is 19.6 Å². The van der Waals surface area contributed by atoms with E-state index in [1.54, 1.807) is 0 Å². The van der Waals surface area contributed by atoms with E-state index in [0.29, 0.717) is 24.0 Å². The van der Waals surface area contributed by atoms with E-state index in [-0.39, 0.29) is 5.91 Å². The maximum Gasteiger partial charge on any atom is 0.231 e. The van der Waals surface area contributed by atoms with E-state index < -0.39 is 0 Å². The van der Waals surface area contributed by atoms with Crippen molar-refractivity contribution in [2.24, 2.45) is 17.1 Å². The van der Waals surface area contributed by atoms with Gasteiger partial charge in [0, 0.05) is 25.2 Å². The maximum absolute atomic E-state index is 10.9. The molecule has 1 aliphatic heterocycles. The highest BCUT2D eigenvalue weighted by molar-refractivity contribution is 5.75. The first-order chi connectivity index (χ1) is 9.34. The van der Waals surface area contributed by atoms with Crippen LogP contribution in [-0.2, 0) is 4.79 Å². The number of hydrogen-bond acceptors (Lipinski definition) is 3. The zero-order chi connectivity index (χ0) is 14.8. The Kier molecular flexibility index (Phi) is 5.08. The average Bonchev–Trinajstić information content (AvgIpc) is 2.28. The van der Waals surface area contributed by atoms with Crippen LogP contribution >= 0.6 is 0 Å². The Morgan fingerprint density at radius 2 is 1.90 bits per heavy atom. The van der Waals surface area contributed by atoms with Crippen LogP contribution in [0.5, 0.6) is 0 Å². The summed E-state index contributed by atoms with van der Waals surface area (Å²) >= 11 is 0. The highest BCUT2D eigenvalue weighted by Crippen LogP contribution is 2.38. The Morgan fingerprint density at radius 1 is 1.25 bits per heavy atom. The highest BCUT2D eigenvalue weighted by atomic mass is 16.1. The van der Waals surface area contributed by atoms with E-state index in [9.17, 15) is 4.79 Å². The van der Waals surface area contributed by atoms with Gasteiger partial charge in [0.2, 0.25) is 5.91 Å². The molecule has 1 saturated carbocycles. The second-order valence-corrected chi connectivity index (χ2v) is 7.79. The molecular weight excluding hydrogens is 250 g/mol. The summed E-state index contributed by atoms with van der Waals surface area (Å²) in [5.74, 6) is 0.616. The van der Waals surface area contributed by atoms with Crippen LogP contribution in [0.2, 0.25) is 0 Å². The molecule has 0 spiro atoms. The van der Waals surface area contributed by atoms with Crippen molar-refractivity contribution < 1.29 is 4.79 Å². The number of piperidine rings is 1. The Balaban J connectivity index is 1.76. The topological polar surface area (TPSA) is 58.4 Å². The van der Waals surface area contributed by atoms with E-state index in [1.807, 2.05) is 0 Å². The van der Waals surface area contributed by atoms with Crippen molar-refractivity contribution in [2.45, 2.75) is 65.0 Å². The summed E-state index contributed by atoms with van der Waals surface area (Å²) in [4.78, 5) is 13.1. The first kappa shape index (κ1) is 15.8. The van der Waals surface area contributed by atoms with Gasteiger partial charge < -0.3 is 11.1 Å². The Hall–Kier alpha value is -0.610. The fourth-order valence-corrected chi connectivity index (χ4v) is 4.28. The molecule has 0 bridgehead atoms. The number of amides is 1. The van der Waals surface area contributed by atoms with E-state index in [4.69, 9.17) is 5.73 Å². The van der Waals surface area contributed by atoms with Gasteiger partial charge in [-0.1, -0.05) is 20.8 Å². The number of nitrogens with two attached hydrogens (primary N) is 1. The zero-order valence-electron chi connectivity index (χ0n) is 13.3. The molecule has 2 fully saturated rings. The van der Waals surface area contributed by atoms with Gasteiger partial charge in [-0.3, -0.25) is 9.69 Å². The summed E-state index contributed by atoms with van der Waals surface area (Å²) in [5.41, 5.74) is 5.73. The number of rotatable bonds is 4. The van der Waals surface area contributed by atoms with Crippen LogP contribution in [0.4, 0.5) is 0 Å². The number of carbonyl (C=O) groups is 1. The van der Waals surface area contributed by atoms with Gasteiger partial charge in [0.15, 0.2) is 0 Å². The van der Waals surface area contributed by atoms with Gasteiger partial charge in [-0.15, -0.1) is 0 Å². The second-order valence-electron chi connectivity index (χ2n) is 7.79. The summed E-state index contributed by atoms with van der Waals surface area (Å²) in [6.45, 7) is 9.57. The van der Waals surface area contributed by atoms with Crippen LogP contribution < -0.4 is 11.1 Å². The van der Waals surface area contributed by atoms with E-state index >= 15 is 0 Å². The van der Waals surface area contributed by atoms with Crippen LogP contribution in [0, 0.1) is 11.3 Å². The average molecular weight is 281 g/mol. The molecule has 2 unspecified atom stereocenters. The molecule has 4 nitrogen and oxygen atoms in total. The number of primary amides is 1. The van der Waals surface area contributed by atoms with E-state index in [1.165, 1.54) is 19.3 Å². The molecule has 2 rings (SSSR count). The minimum absolute atomic E-state index is 0.209. The first-order valence-corrected chi connectivity index (χ1v) is 8.11. The minimum Gasteiger partial charge on any atom is -0.369 e. The smallest absolute Gasteiger partial charge is 0.231 e. The van der Waals surface area contributed by atoms with Crippen molar-refractivity contribution >= 4 is 5.91 Å². The Labute approximate surface area is 123 Å². The number of nitrogens with one attached hydrogen (secondary N) is 1. The number of likely N-dealkylation sites (tertiary alicyclic amines) is 1. The number of carbonyl (C=O) groups excluding carboxylic acids is 1. The SMILES string of the molecule is CC1CC(NC2CCN(CC(N)=O)CC2)CC(C)(C)C1. The summed E-state index contributed by atoms with van der Waals surface area (Å²) in [7, 11) is 0. The molecule has 4 heteroatoms. The largest absolute Gasteiger partial charge is 0.369 e. The quantitative estimate of drug-likeness (QED) is 0.825. The number of nitrogens with zero attached hydrogens (tertiary/aromatic N) is 1. The molecule has 0 radical (unpaired) electrons. The molecule has 1 saturated heterocycles. The highest BCUT2D eigenvalue weighted by Gasteiger charge is 2.33. The van der Waals surface area contributed by atoms with Gasteiger partial charge in [0.25, 0.3) is 0 Å². The van der Waals surface area contributed by atoms with Crippen LogP contribution in [0.15, 0.2) is 0 Å². The summed E-state index contributed by atoms with van der Waals surface area (Å²) in [6.07, 6.45) is 6.23. The third-order valence-corrected chi connectivity index (χ3v) is 4.83. The lowest BCUT2D eigenvalue weighted by atomic mass is 9.70. The lowest BCUT2D eigenvalue weighted by Gasteiger charge is -2.42. The minimum atomic E-state index is -0.209. The molecule has 0 aromatic heterocycles. The van der Waals surface area contributed by atoms with Crippen molar-refractivity contribution in [3.63, 3.8) is 0 Å². The van der Waals surface area contributed by atoms with Gasteiger partial charge in [-0.2, -0.15) is 0 Å². The van der Waals surface area contributed by atoms with Gasteiger partial charge in [0.05, 0.1) is 6.54 Å². The van der Waals surface area contributed by atoms with Crippen LogP contribution in [0.1, 0.15) is 52.9 Å². The van der Waals surface area contributed by atoms with Gasteiger partial charge >= 0.3 is 0 Å². The van der Waals surface area contributed by atoms with Crippen molar-refractivity contribution in [3.8, 4) is 0 Å². The third kappa shape index (κ3) is 4.74. The molecule has 116 valence electrons. The molecule has 0 aromatic carbocycles. The lowest BCUT2D eigenvalue weighted by molar-refractivity contribution is -0.119. The molecule has 3 N–H and O–H groups in total. The second kappa shape index (κ2) is 6.44. The van der Waals surface area contributed by atoms with E-state index in [2.05, 4.69) is 31.0 Å². The summed E-state index contributed by atoms with van der Waals surface area (Å²) in [5, 5.41) is 3.87. The standard InChI is InChI=1S/C16H31N3O/c1-12-8-14(10-16(2,3)9-12)18-13-4-6-19(7-5-13)11-15(17)20/h12-14,18H,4-11H2,1-3H3,(H2,17,20). The monoisotopic (exact) mass is 281 g/mol. The third-order valence-electron chi connectivity index (χ3n) is 4.83. The van der Waals surface area contributed by atoms with Gasteiger partial charge in [-0.05, 0) is 43.4 Å². The predicted molar refractivity (Wildman–Crippen MR) is 82.4 cm³/mol. The summed E-state index contributed by atoms with van der Waals surface area (Å²) < 4.78 is 0. The number of hydrogen-bond donors (Lipinski definition) is 2. The van der Waals surface area contributed by atoms with Crippen LogP contribution in [0.25, 0.3) is 0 Å². The first-order valence-electron chi connectivity index (χ1n) is 8.11. The molecule has 0 aromatic rings. The van der Waals surface area contributed by atoms with Gasteiger partial charge in [0.1, 0.15) is 0 Å². The normalized spacial score (nSPS) is 32.1. The van der Waals surface area contributed by atoms with Crippen molar-refractivity contribution in [1.29, 1.82) is 0 Å². The predicted octanol–water partition coefficient (Wildman–Crippen LogP) is 1.74. The summed E-state index contributed by atoms with van der Waals surface area (Å²) in [6, 6.07) is 1.28. The molecular formula is C16H31N3O. The van der Waals surface area contributed by atoms with Crippen LogP contribution in [-0.4, -0.2) is 42.5 Å². The molecule has 20 heavy (non-hydrogen) atoms. The fraction of sp³-hybridized carbons (Fsp3) is 0.938. The van der Waals surface area contributed by atoms with Crippen LogP contribution in [0.3, 0.4) is 0 Å². The molecule has 1 amide bonds.